The van der Waals surface area contributed by atoms with Crippen molar-refractivity contribution in [2.75, 3.05) is 34.4 Å². The predicted octanol–water partition coefficient (Wildman–Crippen LogP) is 3.62. The lowest BCUT2D eigenvalue weighted by Crippen LogP contribution is -2.23. The van der Waals surface area contributed by atoms with Crippen LogP contribution in [0.5, 0.6) is 17.2 Å². The lowest BCUT2D eigenvalue weighted by Gasteiger charge is -2.24. The van der Waals surface area contributed by atoms with Gasteiger partial charge in [0.2, 0.25) is 0 Å². The van der Waals surface area contributed by atoms with E-state index in [1.807, 2.05) is 13.1 Å². The van der Waals surface area contributed by atoms with Crippen LogP contribution in [0.4, 0.5) is 0 Å². The molecule has 1 aliphatic rings. The molecule has 0 bridgehead atoms. The first-order chi connectivity index (χ1) is 13.0. The summed E-state index contributed by atoms with van der Waals surface area (Å²) in [6, 6.07) is 5.12. The Morgan fingerprint density at radius 1 is 1.30 bits per heavy atom. The predicted molar refractivity (Wildman–Crippen MR) is 103 cm³/mol. The Morgan fingerprint density at radius 2 is 2.07 bits per heavy atom. The molecule has 1 N–H and O–H groups in total. The second kappa shape index (κ2) is 8.14. The molecule has 0 radical (unpaired) electrons. The van der Waals surface area contributed by atoms with Gasteiger partial charge in [-0.3, -0.25) is 4.79 Å². The fourth-order valence-corrected chi connectivity index (χ4v) is 3.12. The van der Waals surface area contributed by atoms with Crippen molar-refractivity contribution in [3.63, 3.8) is 0 Å². The molecule has 6 heteroatoms. The highest BCUT2D eigenvalue weighted by molar-refractivity contribution is 6.11. The van der Waals surface area contributed by atoms with E-state index in [1.54, 1.807) is 24.3 Å². The normalized spacial score (nSPS) is 15.0. The van der Waals surface area contributed by atoms with Crippen LogP contribution in [0.1, 0.15) is 28.1 Å². The van der Waals surface area contributed by atoms with Crippen molar-refractivity contribution in [2.45, 2.75) is 6.42 Å². The third kappa shape index (κ3) is 3.90. The summed E-state index contributed by atoms with van der Waals surface area (Å²) >= 11 is 0. The molecule has 1 aromatic heterocycles. The largest absolute Gasteiger partial charge is 0.506 e. The Labute approximate surface area is 158 Å². The number of hydrogen-bond acceptors (Lipinski definition) is 6. The van der Waals surface area contributed by atoms with Gasteiger partial charge in [0.15, 0.2) is 5.78 Å². The summed E-state index contributed by atoms with van der Waals surface area (Å²) in [7, 11) is 5.02. The van der Waals surface area contributed by atoms with Gasteiger partial charge in [0.25, 0.3) is 0 Å². The number of carbonyl (C=O) groups excluding carboxylic acids is 1. The van der Waals surface area contributed by atoms with E-state index in [4.69, 9.17) is 13.9 Å². The first-order valence-electron chi connectivity index (χ1n) is 8.67. The monoisotopic (exact) mass is 369 g/mol. The van der Waals surface area contributed by atoms with E-state index in [1.165, 1.54) is 26.6 Å². The van der Waals surface area contributed by atoms with Gasteiger partial charge in [-0.25, -0.2) is 0 Å². The molecule has 27 heavy (non-hydrogen) atoms. The van der Waals surface area contributed by atoms with E-state index in [0.717, 1.165) is 25.1 Å². The lowest BCUT2D eigenvalue weighted by atomic mass is 9.93. The Bertz CT molecular complexity index is 880. The van der Waals surface area contributed by atoms with E-state index in [0.29, 0.717) is 17.1 Å². The summed E-state index contributed by atoms with van der Waals surface area (Å²) in [5, 5.41) is 11.0. The van der Waals surface area contributed by atoms with Crippen LogP contribution in [0.15, 0.2) is 41.0 Å². The molecule has 3 rings (SSSR count). The average molecular weight is 369 g/mol. The number of carbonyl (C=O) groups is 1. The lowest BCUT2D eigenvalue weighted by molar-refractivity contribution is 0.104. The highest BCUT2D eigenvalue weighted by Crippen LogP contribution is 2.44. The SMILES string of the molecule is COc1cc(OC)c(C2=CCN(C)CC2)c(O)c1C(=O)/C=C/c1ccco1. The number of allylic oxidation sites excluding steroid dienone is 1. The molecule has 2 aromatic rings. The molecule has 6 nitrogen and oxygen atoms in total. The summed E-state index contributed by atoms with van der Waals surface area (Å²) in [6.07, 6.45) is 7.24. The summed E-state index contributed by atoms with van der Waals surface area (Å²) in [6.45, 7) is 1.63. The summed E-state index contributed by atoms with van der Waals surface area (Å²) in [5.74, 6) is 0.783. The number of likely N-dealkylation sites (N-methyl/N-ethyl adjacent to an activating group) is 1. The minimum absolute atomic E-state index is 0.107. The van der Waals surface area contributed by atoms with Gasteiger partial charge in [0, 0.05) is 19.2 Å². The molecule has 0 amide bonds. The minimum Gasteiger partial charge on any atom is -0.506 e. The standard InChI is InChI=1S/C21H23NO5/c1-22-10-8-14(9-11-22)19-17(25-2)13-18(26-3)20(21(19)24)16(23)7-6-15-5-4-12-27-15/h4-8,12-13,24H,9-11H2,1-3H3/b7-6+. The van der Waals surface area contributed by atoms with Crippen LogP contribution in [0.3, 0.4) is 0 Å². The number of benzene rings is 1. The molecular weight excluding hydrogens is 346 g/mol. The van der Waals surface area contributed by atoms with E-state index < -0.39 is 0 Å². The molecule has 0 unspecified atom stereocenters. The van der Waals surface area contributed by atoms with Gasteiger partial charge in [-0.05, 0) is 43.3 Å². The van der Waals surface area contributed by atoms with Crippen LogP contribution in [0, 0.1) is 0 Å². The maximum atomic E-state index is 12.8. The topological polar surface area (TPSA) is 72.1 Å². The summed E-state index contributed by atoms with van der Waals surface area (Å²) in [5.41, 5.74) is 1.60. The van der Waals surface area contributed by atoms with Crippen LogP contribution < -0.4 is 9.47 Å². The van der Waals surface area contributed by atoms with Crippen molar-refractivity contribution in [2.24, 2.45) is 0 Å². The third-order valence-corrected chi connectivity index (χ3v) is 4.59. The van der Waals surface area contributed by atoms with Crippen molar-refractivity contribution in [1.29, 1.82) is 0 Å². The zero-order chi connectivity index (χ0) is 19.4. The van der Waals surface area contributed by atoms with Crippen LogP contribution in [-0.4, -0.2) is 50.1 Å². The quantitative estimate of drug-likeness (QED) is 0.619. The van der Waals surface area contributed by atoms with Gasteiger partial charge in [0.05, 0.1) is 26.0 Å². The number of nitrogens with zero attached hydrogens (tertiary/aromatic N) is 1. The second-order valence-electron chi connectivity index (χ2n) is 6.33. The molecule has 0 spiro atoms. The number of rotatable bonds is 6. The fraction of sp³-hybridized carbons (Fsp3) is 0.286. The molecule has 142 valence electrons. The van der Waals surface area contributed by atoms with Crippen LogP contribution in [-0.2, 0) is 0 Å². The van der Waals surface area contributed by atoms with Crippen molar-refractivity contribution in [3.8, 4) is 17.2 Å². The molecule has 0 saturated carbocycles. The van der Waals surface area contributed by atoms with Gasteiger partial charge in [-0.15, -0.1) is 0 Å². The zero-order valence-corrected chi connectivity index (χ0v) is 15.7. The number of methoxy groups -OCH3 is 2. The van der Waals surface area contributed by atoms with E-state index in [-0.39, 0.29) is 22.8 Å². The average Bonchev–Trinajstić information content (AvgIpc) is 3.19. The number of aromatic hydroxyl groups is 1. The van der Waals surface area contributed by atoms with E-state index >= 15 is 0 Å². The van der Waals surface area contributed by atoms with Gasteiger partial charge in [-0.1, -0.05) is 6.08 Å². The highest BCUT2D eigenvalue weighted by Gasteiger charge is 2.26. The van der Waals surface area contributed by atoms with E-state index in [9.17, 15) is 9.90 Å². The van der Waals surface area contributed by atoms with Crippen molar-refractivity contribution < 1.29 is 23.8 Å². The van der Waals surface area contributed by atoms with Crippen LogP contribution >= 0.6 is 0 Å². The zero-order valence-electron chi connectivity index (χ0n) is 15.7. The third-order valence-electron chi connectivity index (χ3n) is 4.59. The number of ketones is 1. The Hall–Kier alpha value is -2.99. The second-order valence-corrected chi connectivity index (χ2v) is 6.33. The smallest absolute Gasteiger partial charge is 0.193 e. The molecule has 0 aliphatic carbocycles. The fourth-order valence-electron chi connectivity index (χ4n) is 3.12. The van der Waals surface area contributed by atoms with Crippen molar-refractivity contribution in [3.05, 3.63) is 53.5 Å². The first-order valence-corrected chi connectivity index (χ1v) is 8.67. The van der Waals surface area contributed by atoms with Crippen LogP contribution in [0.2, 0.25) is 0 Å². The number of ether oxygens (including phenoxy) is 2. The Balaban J connectivity index is 2.07. The molecule has 1 aliphatic heterocycles. The first kappa shape index (κ1) is 18.8. The van der Waals surface area contributed by atoms with Crippen LogP contribution in [0.25, 0.3) is 11.6 Å². The maximum absolute atomic E-state index is 12.8. The Morgan fingerprint density at radius 3 is 2.67 bits per heavy atom. The van der Waals surface area contributed by atoms with E-state index in [2.05, 4.69) is 4.90 Å². The van der Waals surface area contributed by atoms with Gasteiger partial charge < -0.3 is 23.9 Å². The molecule has 1 aromatic carbocycles. The summed E-state index contributed by atoms with van der Waals surface area (Å²) < 4.78 is 16.0. The number of furan rings is 1. The van der Waals surface area contributed by atoms with Gasteiger partial charge >= 0.3 is 0 Å². The highest BCUT2D eigenvalue weighted by atomic mass is 16.5. The molecule has 2 heterocycles. The number of hydrogen-bond donors (Lipinski definition) is 1. The minimum atomic E-state index is -0.377. The number of phenols is 1. The van der Waals surface area contributed by atoms with Gasteiger partial charge in [-0.2, -0.15) is 0 Å². The maximum Gasteiger partial charge on any atom is 0.193 e. The summed E-state index contributed by atoms with van der Waals surface area (Å²) in [4.78, 5) is 15.0. The van der Waals surface area contributed by atoms with Crippen molar-refractivity contribution >= 4 is 17.4 Å². The Kier molecular flexibility index (Phi) is 5.66. The number of phenolic OH excluding ortho intramolecular Hbond substituents is 1. The molecule has 0 atom stereocenters. The van der Waals surface area contributed by atoms with Crippen molar-refractivity contribution in [1.82, 2.24) is 4.90 Å². The molecule has 0 fully saturated rings. The molecular formula is C21H23NO5. The van der Waals surface area contributed by atoms with Gasteiger partial charge in [0.1, 0.15) is 28.6 Å². The molecule has 0 saturated heterocycles.